The lowest BCUT2D eigenvalue weighted by Crippen LogP contribution is -2.67. The number of hydrogen-bond donors (Lipinski definition) is 1. The third-order valence-corrected chi connectivity index (χ3v) is 3.92. The van der Waals surface area contributed by atoms with E-state index < -0.39 is 5.60 Å². The molecule has 1 unspecified atom stereocenters. The number of amides is 1. The van der Waals surface area contributed by atoms with Gasteiger partial charge < -0.3 is 15.0 Å². The van der Waals surface area contributed by atoms with E-state index >= 15 is 0 Å². The predicted octanol–water partition coefficient (Wildman–Crippen LogP) is 2.40. The van der Waals surface area contributed by atoms with Crippen LogP contribution in [0.4, 0.5) is 0 Å². The Morgan fingerprint density at radius 2 is 1.75 bits per heavy atom. The number of nitrogens with one attached hydrogen (secondary N) is 1. The quantitative estimate of drug-likeness (QED) is 0.811. The third-order valence-electron chi connectivity index (χ3n) is 3.78. The topological polar surface area (TPSA) is 41.6 Å². The number of carbonyl (C=O) groups is 1. The van der Waals surface area contributed by atoms with Crippen molar-refractivity contribution in [2.24, 2.45) is 0 Å². The molecule has 0 radical (unpaired) electrons. The molecule has 1 N–H and O–H groups in total. The van der Waals surface area contributed by atoms with Crippen LogP contribution in [0.15, 0.2) is 0 Å². The highest BCUT2D eigenvalue weighted by molar-refractivity contribution is 6.20. The van der Waals surface area contributed by atoms with Gasteiger partial charge in [0.15, 0.2) is 0 Å². The van der Waals surface area contributed by atoms with Crippen molar-refractivity contribution >= 4 is 17.5 Å². The maximum absolute atomic E-state index is 12.9. The van der Waals surface area contributed by atoms with E-state index in [1.165, 1.54) is 0 Å². The van der Waals surface area contributed by atoms with Gasteiger partial charge in [0.2, 0.25) is 0 Å². The van der Waals surface area contributed by atoms with Crippen molar-refractivity contribution in [1.82, 2.24) is 10.2 Å². The molecule has 1 amide bonds. The molecule has 1 fully saturated rings. The summed E-state index contributed by atoms with van der Waals surface area (Å²) >= 11 is 6.01. The van der Waals surface area contributed by atoms with Crippen LogP contribution in [0, 0.1) is 0 Å². The fraction of sp³-hybridized carbons (Fsp3) is 0.933. The number of hydrogen-bond acceptors (Lipinski definition) is 3. The minimum Gasteiger partial charge on any atom is -0.368 e. The highest BCUT2D eigenvalue weighted by Crippen LogP contribution is 2.39. The summed E-state index contributed by atoms with van der Waals surface area (Å²) in [5.74, 6) is 0.0233. The zero-order chi connectivity index (χ0) is 15.8. The lowest BCUT2D eigenvalue weighted by atomic mass is 9.72. The summed E-state index contributed by atoms with van der Waals surface area (Å²) in [7, 11) is 3.43. The summed E-state index contributed by atoms with van der Waals surface area (Å²) in [6, 6.07) is 0. The van der Waals surface area contributed by atoms with Crippen molar-refractivity contribution in [3.05, 3.63) is 0 Å². The molecule has 1 saturated heterocycles. The zero-order valence-electron chi connectivity index (χ0n) is 13.8. The van der Waals surface area contributed by atoms with Gasteiger partial charge in [-0.25, -0.2) is 0 Å². The van der Waals surface area contributed by atoms with Gasteiger partial charge in [0.1, 0.15) is 5.60 Å². The Labute approximate surface area is 128 Å². The first-order valence-electron chi connectivity index (χ1n) is 7.17. The van der Waals surface area contributed by atoms with Crippen molar-refractivity contribution in [3.63, 3.8) is 0 Å². The number of likely N-dealkylation sites (N-methyl/N-ethyl adjacent to an activating group) is 1. The Morgan fingerprint density at radius 3 is 2.10 bits per heavy atom. The van der Waals surface area contributed by atoms with Gasteiger partial charge in [-0.2, -0.15) is 0 Å². The summed E-state index contributed by atoms with van der Waals surface area (Å²) in [6.45, 7) is 10.9. The van der Waals surface area contributed by atoms with E-state index in [0.29, 0.717) is 19.4 Å². The number of methoxy groups -OCH3 is 1. The second-order valence-corrected chi connectivity index (χ2v) is 8.16. The van der Waals surface area contributed by atoms with Crippen LogP contribution in [0.2, 0.25) is 0 Å². The SMILES string of the molecule is COC1(C(=O)N(C)CC(C)Cl)CC(C)(C)NC(C)(C)C1. The second kappa shape index (κ2) is 5.82. The highest BCUT2D eigenvalue weighted by Gasteiger charge is 2.52. The Kier molecular flexibility index (Phi) is 5.16. The first-order valence-corrected chi connectivity index (χ1v) is 7.61. The molecular formula is C15H29ClN2O2. The Hall–Kier alpha value is -0.320. The summed E-state index contributed by atoms with van der Waals surface area (Å²) in [4.78, 5) is 14.6. The Morgan fingerprint density at radius 1 is 1.30 bits per heavy atom. The van der Waals surface area contributed by atoms with Gasteiger partial charge in [-0.1, -0.05) is 0 Å². The van der Waals surface area contributed by atoms with Crippen LogP contribution in [0.5, 0.6) is 0 Å². The number of rotatable bonds is 4. The molecular weight excluding hydrogens is 276 g/mol. The maximum atomic E-state index is 12.9. The molecule has 0 bridgehead atoms. The average Bonchev–Trinajstić information content (AvgIpc) is 2.22. The van der Waals surface area contributed by atoms with E-state index in [1.54, 1.807) is 19.1 Å². The van der Waals surface area contributed by atoms with Crippen LogP contribution < -0.4 is 5.32 Å². The van der Waals surface area contributed by atoms with E-state index in [9.17, 15) is 4.79 Å². The largest absolute Gasteiger partial charge is 0.368 e. The molecule has 5 heteroatoms. The molecule has 1 atom stereocenters. The fourth-order valence-electron chi connectivity index (χ4n) is 3.69. The van der Waals surface area contributed by atoms with Crippen LogP contribution in [0.25, 0.3) is 0 Å². The van der Waals surface area contributed by atoms with Gasteiger partial charge >= 0.3 is 0 Å². The first-order chi connectivity index (χ1) is 8.93. The van der Waals surface area contributed by atoms with Gasteiger partial charge in [-0.3, -0.25) is 4.79 Å². The van der Waals surface area contributed by atoms with E-state index in [0.717, 1.165) is 0 Å². The number of carbonyl (C=O) groups excluding carboxylic acids is 1. The van der Waals surface area contributed by atoms with Crippen molar-refractivity contribution in [2.45, 2.75) is 69.5 Å². The Bertz CT molecular complexity index is 351. The lowest BCUT2D eigenvalue weighted by Gasteiger charge is -2.52. The summed E-state index contributed by atoms with van der Waals surface area (Å²) in [5.41, 5.74) is -1.08. The monoisotopic (exact) mass is 304 g/mol. The molecule has 1 rings (SSSR count). The fourth-order valence-corrected chi connectivity index (χ4v) is 3.89. The summed E-state index contributed by atoms with van der Waals surface area (Å²) in [6.07, 6.45) is 1.31. The number of piperidine rings is 1. The summed E-state index contributed by atoms with van der Waals surface area (Å²) < 4.78 is 5.74. The zero-order valence-corrected chi connectivity index (χ0v) is 14.6. The van der Waals surface area contributed by atoms with Crippen molar-refractivity contribution in [2.75, 3.05) is 20.7 Å². The maximum Gasteiger partial charge on any atom is 0.254 e. The standard InChI is InChI=1S/C15H29ClN2O2/c1-11(16)8-18(6)12(19)15(20-7)9-13(2,3)17-14(4,5)10-15/h11,17H,8-10H2,1-7H3. The minimum absolute atomic E-state index is 0.0233. The molecule has 118 valence electrons. The number of ether oxygens (including phenoxy) is 1. The first kappa shape index (κ1) is 17.7. The molecule has 0 saturated carbocycles. The van der Waals surface area contributed by atoms with E-state index in [1.807, 2.05) is 6.92 Å². The molecule has 0 aromatic carbocycles. The molecule has 1 heterocycles. The van der Waals surface area contributed by atoms with Crippen LogP contribution in [-0.2, 0) is 9.53 Å². The number of nitrogens with zero attached hydrogens (tertiary/aromatic N) is 1. The molecule has 0 aromatic rings. The third kappa shape index (κ3) is 4.09. The van der Waals surface area contributed by atoms with Crippen LogP contribution in [-0.4, -0.2) is 53.6 Å². The van der Waals surface area contributed by atoms with Crippen LogP contribution in [0.1, 0.15) is 47.5 Å². The molecule has 1 aliphatic rings. The predicted molar refractivity (Wildman–Crippen MR) is 83.2 cm³/mol. The smallest absolute Gasteiger partial charge is 0.254 e. The molecule has 0 aromatic heterocycles. The number of halogens is 1. The average molecular weight is 305 g/mol. The van der Waals surface area contributed by atoms with Crippen molar-refractivity contribution in [3.8, 4) is 0 Å². The normalized spacial score (nSPS) is 25.0. The van der Waals surface area contributed by atoms with Gasteiger partial charge in [0.25, 0.3) is 5.91 Å². The Balaban J connectivity index is 3.04. The molecule has 0 aliphatic carbocycles. The van der Waals surface area contributed by atoms with Gasteiger partial charge in [0.05, 0.1) is 0 Å². The molecule has 1 aliphatic heterocycles. The van der Waals surface area contributed by atoms with Crippen LogP contribution in [0.3, 0.4) is 0 Å². The molecule has 0 spiro atoms. The van der Waals surface area contributed by atoms with E-state index in [4.69, 9.17) is 16.3 Å². The van der Waals surface area contributed by atoms with Crippen molar-refractivity contribution in [1.29, 1.82) is 0 Å². The van der Waals surface area contributed by atoms with Crippen LogP contribution >= 0.6 is 11.6 Å². The minimum atomic E-state index is -0.779. The second-order valence-electron chi connectivity index (χ2n) is 7.41. The molecule has 20 heavy (non-hydrogen) atoms. The lowest BCUT2D eigenvalue weighted by molar-refractivity contribution is -0.165. The van der Waals surface area contributed by atoms with Gasteiger partial charge in [-0.15, -0.1) is 11.6 Å². The van der Waals surface area contributed by atoms with Gasteiger partial charge in [0, 0.05) is 50.0 Å². The van der Waals surface area contributed by atoms with Gasteiger partial charge in [-0.05, 0) is 34.6 Å². The van der Waals surface area contributed by atoms with E-state index in [-0.39, 0.29) is 22.4 Å². The number of alkyl halides is 1. The van der Waals surface area contributed by atoms with E-state index in [2.05, 4.69) is 33.0 Å². The highest BCUT2D eigenvalue weighted by atomic mass is 35.5. The van der Waals surface area contributed by atoms with Crippen molar-refractivity contribution < 1.29 is 9.53 Å². The summed E-state index contributed by atoms with van der Waals surface area (Å²) in [5, 5.41) is 3.51. The molecule has 4 nitrogen and oxygen atoms in total.